The summed E-state index contributed by atoms with van der Waals surface area (Å²) in [6.45, 7) is 4.44. The molecule has 3 nitrogen and oxygen atoms in total. The molecular formula is C14H18O3. The monoisotopic (exact) mass is 234 g/mol. The maximum absolute atomic E-state index is 9.36. The Labute approximate surface area is 102 Å². The zero-order chi connectivity index (χ0) is 12.5. The van der Waals surface area contributed by atoms with Gasteiger partial charge in [0.15, 0.2) is 0 Å². The smallest absolute Gasteiger partial charge is 0.118 e. The highest BCUT2D eigenvalue weighted by molar-refractivity contribution is 5.26. The lowest BCUT2D eigenvalue weighted by Crippen LogP contribution is -2.07. The Balaban J connectivity index is 2.23. The van der Waals surface area contributed by atoms with E-state index >= 15 is 0 Å². The highest BCUT2D eigenvalue weighted by atomic mass is 16.5. The van der Waals surface area contributed by atoms with E-state index in [1.807, 2.05) is 24.3 Å². The molecule has 0 aliphatic rings. The lowest BCUT2D eigenvalue weighted by Gasteiger charge is -2.07. The molecule has 0 aliphatic heterocycles. The van der Waals surface area contributed by atoms with Gasteiger partial charge in [-0.05, 0) is 23.8 Å². The van der Waals surface area contributed by atoms with E-state index in [4.69, 9.17) is 9.47 Å². The van der Waals surface area contributed by atoms with Crippen LogP contribution in [0.15, 0.2) is 42.7 Å². The predicted molar refractivity (Wildman–Crippen MR) is 67.0 cm³/mol. The second-order valence-corrected chi connectivity index (χ2v) is 3.63. The number of hydrogen-bond acceptors (Lipinski definition) is 3. The number of aliphatic hydroxyl groups is 1. The first-order valence-corrected chi connectivity index (χ1v) is 5.51. The number of ether oxygens (including phenoxy) is 2. The maximum atomic E-state index is 9.36. The van der Waals surface area contributed by atoms with Gasteiger partial charge in [-0.15, -0.1) is 5.73 Å². The minimum atomic E-state index is -0.525. The minimum Gasteiger partial charge on any atom is -0.497 e. The van der Waals surface area contributed by atoms with Crippen molar-refractivity contribution in [3.8, 4) is 5.75 Å². The highest BCUT2D eigenvalue weighted by Gasteiger charge is 1.99. The van der Waals surface area contributed by atoms with Crippen molar-refractivity contribution in [2.75, 3.05) is 13.7 Å². The van der Waals surface area contributed by atoms with Crippen molar-refractivity contribution < 1.29 is 14.6 Å². The summed E-state index contributed by atoms with van der Waals surface area (Å²) in [6, 6.07) is 7.71. The van der Waals surface area contributed by atoms with Gasteiger partial charge in [0.05, 0.1) is 19.8 Å². The van der Waals surface area contributed by atoms with E-state index in [0.717, 1.165) is 11.3 Å². The zero-order valence-electron chi connectivity index (χ0n) is 10.1. The van der Waals surface area contributed by atoms with Crippen molar-refractivity contribution in [2.45, 2.75) is 19.1 Å². The Morgan fingerprint density at radius 2 is 2.12 bits per heavy atom. The molecule has 0 bridgehead atoms. The van der Waals surface area contributed by atoms with Gasteiger partial charge >= 0.3 is 0 Å². The van der Waals surface area contributed by atoms with Crippen LogP contribution < -0.4 is 4.74 Å². The molecule has 3 heteroatoms. The van der Waals surface area contributed by atoms with Gasteiger partial charge in [0, 0.05) is 13.0 Å². The van der Waals surface area contributed by atoms with E-state index in [1.54, 1.807) is 7.11 Å². The number of rotatable bonds is 7. The first kappa shape index (κ1) is 13.5. The fraction of sp³-hybridized carbons (Fsp3) is 0.357. The molecule has 0 aromatic heterocycles. The summed E-state index contributed by atoms with van der Waals surface area (Å²) in [5.41, 5.74) is 3.63. The molecule has 0 radical (unpaired) electrons. The van der Waals surface area contributed by atoms with E-state index in [1.165, 1.54) is 6.08 Å². The van der Waals surface area contributed by atoms with Crippen molar-refractivity contribution in [2.24, 2.45) is 0 Å². The average molecular weight is 234 g/mol. The van der Waals surface area contributed by atoms with Gasteiger partial charge in [0.2, 0.25) is 0 Å². The van der Waals surface area contributed by atoms with Crippen LogP contribution in [0.4, 0.5) is 0 Å². The van der Waals surface area contributed by atoms with Crippen molar-refractivity contribution in [3.05, 3.63) is 48.2 Å². The number of aliphatic hydroxyl groups excluding tert-OH is 1. The molecular weight excluding hydrogens is 216 g/mol. The third-order valence-electron chi connectivity index (χ3n) is 2.30. The summed E-state index contributed by atoms with van der Waals surface area (Å²) in [5.74, 6) is 0.834. The van der Waals surface area contributed by atoms with E-state index in [9.17, 15) is 5.11 Å². The Morgan fingerprint density at radius 3 is 2.71 bits per heavy atom. The van der Waals surface area contributed by atoms with Gasteiger partial charge in [0.25, 0.3) is 0 Å². The van der Waals surface area contributed by atoms with Gasteiger partial charge < -0.3 is 14.6 Å². The molecule has 1 aromatic rings. The largest absolute Gasteiger partial charge is 0.497 e. The summed E-state index contributed by atoms with van der Waals surface area (Å²) in [6.07, 6.45) is 1.55. The molecule has 0 heterocycles. The molecule has 1 rings (SSSR count). The van der Waals surface area contributed by atoms with Crippen molar-refractivity contribution in [1.82, 2.24) is 0 Å². The fourth-order valence-corrected chi connectivity index (χ4v) is 1.34. The first-order valence-electron chi connectivity index (χ1n) is 5.51. The summed E-state index contributed by atoms with van der Waals surface area (Å²) >= 11 is 0. The molecule has 0 fully saturated rings. The molecule has 92 valence electrons. The minimum absolute atomic E-state index is 0.505. The van der Waals surface area contributed by atoms with Gasteiger partial charge in [0.1, 0.15) is 5.75 Å². The quantitative estimate of drug-likeness (QED) is 0.581. The molecule has 0 saturated carbocycles. The van der Waals surface area contributed by atoms with Crippen LogP contribution in [0.2, 0.25) is 0 Å². The van der Waals surface area contributed by atoms with Crippen LogP contribution in [-0.2, 0) is 11.3 Å². The van der Waals surface area contributed by atoms with Gasteiger partial charge in [-0.1, -0.05) is 18.7 Å². The number of methoxy groups -OCH3 is 1. The van der Waals surface area contributed by atoms with E-state index < -0.39 is 6.10 Å². The Hall–Kier alpha value is -1.54. The van der Waals surface area contributed by atoms with Crippen molar-refractivity contribution in [1.29, 1.82) is 0 Å². The van der Waals surface area contributed by atoms with Crippen molar-refractivity contribution in [3.63, 3.8) is 0 Å². The normalized spacial score (nSPS) is 11.6. The van der Waals surface area contributed by atoms with Crippen LogP contribution in [0.1, 0.15) is 12.0 Å². The lowest BCUT2D eigenvalue weighted by molar-refractivity contribution is 0.0883. The number of hydrogen-bond donors (Lipinski definition) is 1. The van der Waals surface area contributed by atoms with Crippen LogP contribution in [0, 0.1) is 0 Å². The molecule has 0 aliphatic carbocycles. The zero-order valence-corrected chi connectivity index (χ0v) is 10.1. The Bertz CT molecular complexity index is 364. The van der Waals surface area contributed by atoms with Crippen LogP contribution in [0.5, 0.6) is 5.75 Å². The second-order valence-electron chi connectivity index (χ2n) is 3.63. The topological polar surface area (TPSA) is 38.7 Å². The van der Waals surface area contributed by atoms with Crippen molar-refractivity contribution >= 4 is 0 Å². The third-order valence-corrected chi connectivity index (χ3v) is 2.30. The molecule has 1 atom stereocenters. The Morgan fingerprint density at radius 1 is 1.41 bits per heavy atom. The molecule has 1 N–H and O–H groups in total. The highest BCUT2D eigenvalue weighted by Crippen LogP contribution is 2.12. The SMILES string of the molecule is C=C=C[C@@H](O)CCOCc1ccc(OC)cc1. The molecule has 0 amide bonds. The van der Waals surface area contributed by atoms with Crippen LogP contribution in [-0.4, -0.2) is 24.9 Å². The van der Waals surface area contributed by atoms with Crippen LogP contribution in [0.3, 0.4) is 0 Å². The second kappa shape index (κ2) is 7.69. The summed E-state index contributed by atoms with van der Waals surface area (Å²) < 4.78 is 10.5. The van der Waals surface area contributed by atoms with Gasteiger partial charge in [-0.2, -0.15) is 0 Å². The average Bonchev–Trinajstić information content (AvgIpc) is 2.36. The predicted octanol–water partition coefficient (Wildman–Crippen LogP) is 2.30. The third kappa shape index (κ3) is 5.36. The summed E-state index contributed by atoms with van der Waals surface area (Å²) in [7, 11) is 1.64. The standard InChI is InChI=1S/C14H18O3/c1-3-4-13(15)9-10-17-11-12-5-7-14(16-2)8-6-12/h4-8,13,15H,1,9-11H2,2H3/t13-/m1/s1. The van der Waals surface area contributed by atoms with E-state index in [2.05, 4.69) is 12.3 Å². The maximum Gasteiger partial charge on any atom is 0.118 e. The molecule has 0 unspecified atom stereocenters. The molecule has 1 aromatic carbocycles. The molecule has 0 spiro atoms. The molecule has 17 heavy (non-hydrogen) atoms. The fourth-order valence-electron chi connectivity index (χ4n) is 1.34. The van der Waals surface area contributed by atoms with E-state index in [-0.39, 0.29) is 0 Å². The Kier molecular flexibility index (Phi) is 6.12. The van der Waals surface area contributed by atoms with Gasteiger partial charge in [-0.25, -0.2) is 0 Å². The molecule has 0 saturated heterocycles. The van der Waals surface area contributed by atoms with Crippen LogP contribution in [0.25, 0.3) is 0 Å². The first-order chi connectivity index (χ1) is 8.26. The van der Waals surface area contributed by atoms with E-state index in [0.29, 0.717) is 19.6 Å². The van der Waals surface area contributed by atoms with Gasteiger partial charge in [-0.3, -0.25) is 0 Å². The number of benzene rings is 1. The van der Waals surface area contributed by atoms with Crippen LogP contribution >= 0.6 is 0 Å². The lowest BCUT2D eigenvalue weighted by atomic mass is 10.2. The summed E-state index contributed by atoms with van der Waals surface area (Å²) in [4.78, 5) is 0. The summed E-state index contributed by atoms with van der Waals surface area (Å²) in [5, 5.41) is 9.36.